The Morgan fingerprint density at radius 3 is 2.50 bits per heavy atom. The molecule has 2 nitrogen and oxygen atoms in total. The first-order valence-corrected chi connectivity index (χ1v) is 2.42. The number of nitrogens with zero attached hydrogens (tertiary/aromatic N) is 2. The number of rotatable bonds is 2. The van der Waals surface area contributed by atoms with Crippen LogP contribution in [-0.2, 0) is 0 Å². The van der Waals surface area contributed by atoms with E-state index >= 15 is 0 Å². The Morgan fingerprint density at radius 1 is 1.50 bits per heavy atom. The zero-order valence-electron chi connectivity index (χ0n) is 5.26. The molecule has 0 heterocycles. The van der Waals surface area contributed by atoms with Crippen molar-refractivity contribution in [3.05, 3.63) is 12.7 Å². The highest BCUT2D eigenvalue weighted by Gasteiger charge is 1.68. The molecule has 0 aliphatic heterocycles. The molecule has 0 aliphatic carbocycles. The molecule has 0 saturated carbocycles. The minimum Gasteiger partial charge on any atom is -0.161 e. The Labute approximate surface area is 49.6 Å². The van der Waals surface area contributed by atoms with Gasteiger partial charge in [0.1, 0.15) is 0 Å². The lowest BCUT2D eigenvalue weighted by molar-refractivity contribution is 1.24. The molecule has 0 aromatic rings. The Kier molecular flexibility index (Phi) is 3.76. The highest BCUT2D eigenvalue weighted by molar-refractivity contribution is 5.80. The molecule has 0 amide bonds. The first-order chi connectivity index (χ1) is 3.77. The SMILES string of the molecule is C=C/C=N/N=C(C)C. The van der Waals surface area contributed by atoms with E-state index in [1.54, 1.807) is 12.3 Å². The highest BCUT2D eigenvalue weighted by Crippen LogP contribution is 1.74. The van der Waals surface area contributed by atoms with Gasteiger partial charge in [0.15, 0.2) is 0 Å². The summed E-state index contributed by atoms with van der Waals surface area (Å²) in [6.07, 6.45) is 3.14. The molecule has 8 heavy (non-hydrogen) atoms. The van der Waals surface area contributed by atoms with Gasteiger partial charge in [0.2, 0.25) is 0 Å². The van der Waals surface area contributed by atoms with Crippen LogP contribution in [0, 0.1) is 0 Å². The first kappa shape index (κ1) is 7.08. The van der Waals surface area contributed by atoms with Crippen LogP contribution in [-0.4, -0.2) is 11.9 Å². The van der Waals surface area contributed by atoms with Gasteiger partial charge in [0, 0.05) is 11.9 Å². The Morgan fingerprint density at radius 2 is 2.12 bits per heavy atom. The largest absolute Gasteiger partial charge is 0.161 e. The quantitative estimate of drug-likeness (QED) is 0.381. The molecule has 0 radical (unpaired) electrons. The van der Waals surface area contributed by atoms with Crippen LogP contribution in [0.25, 0.3) is 0 Å². The maximum absolute atomic E-state index is 3.73. The van der Waals surface area contributed by atoms with Gasteiger partial charge in [0.25, 0.3) is 0 Å². The summed E-state index contributed by atoms with van der Waals surface area (Å²) < 4.78 is 0. The number of hydrogen-bond acceptors (Lipinski definition) is 2. The Bertz CT molecular complexity index is 118. The summed E-state index contributed by atoms with van der Waals surface area (Å²) in [7, 11) is 0. The van der Waals surface area contributed by atoms with E-state index in [-0.39, 0.29) is 0 Å². The molecule has 0 unspecified atom stereocenters. The van der Waals surface area contributed by atoms with E-state index in [0.717, 1.165) is 5.71 Å². The van der Waals surface area contributed by atoms with Crippen LogP contribution in [0.4, 0.5) is 0 Å². The van der Waals surface area contributed by atoms with Crippen molar-refractivity contribution in [2.24, 2.45) is 10.2 Å². The molecule has 0 fully saturated rings. The van der Waals surface area contributed by atoms with E-state index in [1.807, 2.05) is 13.8 Å². The van der Waals surface area contributed by atoms with Gasteiger partial charge in [-0.1, -0.05) is 6.58 Å². The monoisotopic (exact) mass is 110 g/mol. The third-order valence-corrected chi connectivity index (χ3v) is 0.430. The van der Waals surface area contributed by atoms with Gasteiger partial charge < -0.3 is 0 Å². The molecule has 0 bridgehead atoms. The third kappa shape index (κ3) is 5.08. The van der Waals surface area contributed by atoms with Crippen LogP contribution in [0.1, 0.15) is 13.8 Å². The second kappa shape index (κ2) is 4.24. The summed E-state index contributed by atoms with van der Waals surface area (Å²) in [5.74, 6) is 0. The summed E-state index contributed by atoms with van der Waals surface area (Å²) in [4.78, 5) is 0. The Balaban J connectivity index is 3.57. The van der Waals surface area contributed by atoms with Gasteiger partial charge in [0.05, 0.1) is 0 Å². The second-order valence-electron chi connectivity index (χ2n) is 1.55. The van der Waals surface area contributed by atoms with Crippen molar-refractivity contribution in [1.29, 1.82) is 0 Å². The molecule has 0 saturated heterocycles. The third-order valence-electron chi connectivity index (χ3n) is 0.430. The molecular formula is C6H10N2. The van der Waals surface area contributed by atoms with E-state index in [9.17, 15) is 0 Å². The standard InChI is InChI=1S/C6H10N2/c1-4-5-7-8-6(2)3/h4-5H,1H2,2-3H3/b7-5+. The highest BCUT2D eigenvalue weighted by atomic mass is 15.2. The van der Waals surface area contributed by atoms with Gasteiger partial charge in [-0.2, -0.15) is 10.2 Å². The Hall–Kier alpha value is -0.920. The van der Waals surface area contributed by atoms with Crippen molar-refractivity contribution in [3.8, 4) is 0 Å². The van der Waals surface area contributed by atoms with Crippen molar-refractivity contribution in [2.45, 2.75) is 13.8 Å². The van der Waals surface area contributed by atoms with Crippen LogP contribution in [0.15, 0.2) is 22.9 Å². The van der Waals surface area contributed by atoms with Crippen molar-refractivity contribution in [2.75, 3.05) is 0 Å². The van der Waals surface area contributed by atoms with Crippen LogP contribution < -0.4 is 0 Å². The van der Waals surface area contributed by atoms with Crippen LogP contribution in [0.5, 0.6) is 0 Å². The fourth-order valence-electron chi connectivity index (χ4n) is 0.196. The summed E-state index contributed by atoms with van der Waals surface area (Å²) in [5, 5.41) is 7.36. The molecule has 0 aromatic heterocycles. The number of allylic oxidation sites excluding steroid dienone is 1. The van der Waals surface area contributed by atoms with E-state index < -0.39 is 0 Å². The lowest BCUT2D eigenvalue weighted by atomic mass is 10.5. The number of hydrogen-bond donors (Lipinski definition) is 0. The molecule has 0 aliphatic rings. The predicted octanol–water partition coefficient (Wildman–Crippen LogP) is 1.64. The average Bonchev–Trinajstić information content (AvgIpc) is 1.66. The zero-order valence-corrected chi connectivity index (χ0v) is 5.26. The molecule has 2 heteroatoms. The smallest absolute Gasteiger partial charge is 0.0489 e. The van der Waals surface area contributed by atoms with Crippen molar-refractivity contribution in [3.63, 3.8) is 0 Å². The molecule has 0 spiro atoms. The molecular weight excluding hydrogens is 100 g/mol. The maximum atomic E-state index is 3.73. The van der Waals surface area contributed by atoms with Crippen molar-refractivity contribution >= 4 is 11.9 Å². The van der Waals surface area contributed by atoms with E-state index in [1.165, 1.54) is 0 Å². The normalized spacial score (nSPS) is 9.25. The lowest BCUT2D eigenvalue weighted by Crippen LogP contribution is -1.75. The zero-order chi connectivity index (χ0) is 6.41. The van der Waals surface area contributed by atoms with Crippen LogP contribution in [0.3, 0.4) is 0 Å². The van der Waals surface area contributed by atoms with Crippen LogP contribution >= 0.6 is 0 Å². The van der Waals surface area contributed by atoms with Gasteiger partial charge in [-0.05, 0) is 19.9 Å². The summed E-state index contributed by atoms with van der Waals surface area (Å²) in [6, 6.07) is 0. The topological polar surface area (TPSA) is 24.7 Å². The van der Waals surface area contributed by atoms with Gasteiger partial charge in [-0.25, -0.2) is 0 Å². The lowest BCUT2D eigenvalue weighted by Gasteiger charge is -1.77. The van der Waals surface area contributed by atoms with E-state index in [0.29, 0.717) is 0 Å². The van der Waals surface area contributed by atoms with Crippen molar-refractivity contribution < 1.29 is 0 Å². The molecule has 0 rings (SSSR count). The molecule has 0 atom stereocenters. The first-order valence-electron chi connectivity index (χ1n) is 2.42. The van der Waals surface area contributed by atoms with E-state index in [4.69, 9.17) is 0 Å². The van der Waals surface area contributed by atoms with E-state index in [2.05, 4.69) is 16.8 Å². The fraction of sp³-hybridized carbons (Fsp3) is 0.333. The van der Waals surface area contributed by atoms with Gasteiger partial charge >= 0.3 is 0 Å². The molecule has 44 valence electrons. The summed E-state index contributed by atoms with van der Waals surface area (Å²) in [5.41, 5.74) is 0.947. The summed E-state index contributed by atoms with van der Waals surface area (Å²) >= 11 is 0. The van der Waals surface area contributed by atoms with Crippen LogP contribution in [0.2, 0.25) is 0 Å². The molecule has 0 aromatic carbocycles. The van der Waals surface area contributed by atoms with Crippen molar-refractivity contribution in [1.82, 2.24) is 0 Å². The minimum atomic E-state index is 0.947. The minimum absolute atomic E-state index is 0.947. The predicted molar refractivity (Wildman–Crippen MR) is 37.5 cm³/mol. The van der Waals surface area contributed by atoms with Gasteiger partial charge in [-0.3, -0.25) is 0 Å². The average molecular weight is 110 g/mol. The maximum Gasteiger partial charge on any atom is 0.0489 e. The summed E-state index contributed by atoms with van der Waals surface area (Å²) in [6.45, 7) is 7.22. The fourth-order valence-corrected chi connectivity index (χ4v) is 0.196. The molecule has 0 N–H and O–H groups in total. The second-order valence-corrected chi connectivity index (χ2v) is 1.55. The van der Waals surface area contributed by atoms with Gasteiger partial charge in [-0.15, -0.1) is 0 Å².